The molecule has 1 fully saturated rings. The molecule has 2 atom stereocenters. The molecule has 2 amide bonds. The first-order chi connectivity index (χ1) is 11.6. The zero-order valence-corrected chi connectivity index (χ0v) is 13.2. The number of carbonyl (C=O) groups excluding carboxylic acids is 2. The summed E-state index contributed by atoms with van der Waals surface area (Å²) >= 11 is 0. The average Bonchev–Trinajstić information content (AvgIpc) is 3.00. The van der Waals surface area contributed by atoms with Crippen LogP contribution in [-0.4, -0.2) is 50.8 Å². The fraction of sp³-hybridized carbons (Fsp3) is 0.400. The van der Waals surface area contributed by atoms with E-state index in [1.807, 2.05) is 0 Å². The minimum atomic E-state index is -0.800. The van der Waals surface area contributed by atoms with E-state index in [-0.39, 0.29) is 18.4 Å². The number of aryl methyl sites for hydroxylation is 1. The number of hydrogen-bond acceptors (Lipinski definition) is 6. The maximum absolute atomic E-state index is 12.5. The van der Waals surface area contributed by atoms with Crippen LogP contribution in [0.5, 0.6) is 0 Å². The van der Waals surface area contributed by atoms with E-state index in [1.54, 1.807) is 36.3 Å². The molecule has 9 heteroatoms. The molecule has 9 nitrogen and oxygen atoms in total. The zero-order chi connectivity index (χ0) is 16.9. The summed E-state index contributed by atoms with van der Waals surface area (Å²) < 4.78 is 7.10. The molecule has 2 N–H and O–H groups in total. The Morgan fingerprint density at radius 3 is 3.12 bits per heavy atom. The van der Waals surface area contributed by atoms with Crippen LogP contribution in [0.4, 0.5) is 0 Å². The van der Waals surface area contributed by atoms with Gasteiger partial charge in [0.2, 0.25) is 5.91 Å². The van der Waals surface area contributed by atoms with E-state index in [2.05, 4.69) is 25.7 Å². The smallest absolute Gasteiger partial charge is 0.251 e. The second-order valence-corrected chi connectivity index (χ2v) is 5.40. The van der Waals surface area contributed by atoms with Crippen molar-refractivity contribution in [3.8, 4) is 0 Å². The minimum absolute atomic E-state index is 0.141. The van der Waals surface area contributed by atoms with Gasteiger partial charge in [-0.2, -0.15) is 5.10 Å². The quantitative estimate of drug-likeness (QED) is 0.737. The van der Waals surface area contributed by atoms with Crippen molar-refractivity contribution in [2.75, 3.05) is 13.2 Å². The Morgan fingerprint density at radius 2 is 2.42 bits per heavy atom. The Balaban J connectivity index is 1.63. The second kappa shape index (κ2) is 7.18. The van der Waals surface area contributed by atoms with E-state index in [1.165, 1.54) is 6.33 Å². The molecule has 3 rings (SSSR count). The molecule has 1 aliphatic rings. The van der Waals surface area contributed by atoms with Crippen LogP contribution in [0, 0.1) is 0 Å². The molecule has 0 spiro atoms. The monoisotopic (exact) mass is 330 g/mol. The van der Waals surface area contributed by atoms with Crippen molar-refractivity contribution in [3.63, 3.8) is 0 Å². The van der Waals surface area contributed by atoms with Crippen LogP contribution >= 0.6 is 0 Å². The van der Waals surface area contributed by atoms with Crippen LogP contribution in [-0.2, 0) is 27.8 Å². The third-order valence-electron chi connectivity index (χ3n) is 3.77. The summed E-state index contributed by atoms with van der Waals surface area (Å²) in [6, 6.07) is 2.99. The van der Waals surface area contributed by atoms with Crippen molar-refractivity contribution in [1.82, 2.24) is 30.4 Å². The molecule has 0 aromatic carbocycles. The van der Waals surface area contributed by atoms with Crippen LogP contribution in [0.15, 0.2) is 30.9 Å². The number of morpholine rings is 1. The molecule has 0 bridgehead atoms. The van der Waals surface area contributed by atoms with Crippen molar-refractivity contribution in [1.29, 1.82) is 0 Å². The van der Waals surface area contributed by atoms with Gasteiger partial charge in [-0.25, -0.2) is 4.98 Å². The number of rotatable bonds is 5. The molecular formula is C15H18N6O3. The van der Waals surface area contributed by atoms with Crippen molar-refractivity contribution < 1.29 is 14.3 Å². The van der Waals surface area contributed by atoms with Crippen molar-refractivity contribution >= 4 is 11.8 Å². The molecule has 0 unspecified atom stereocenters. The number of pyridine rings is 1. The van der Waals surface area contributed by atoms with Crippen LogP contribution in [0.3, 0.4) is 0 Å². The third-order valence-corrected chi connectivity index (χ3v) is 3.77. The Hall–Kier alpha value is -2.81. The van der Waals surface area contributed by atoms with Gasteiger partial charge in [0, 0.05) is 32.4 Å². The normalized spacial score (nSPS) is 20.5. The Kier molecular flexibility index (Phi) is 4.80. The van der Waals surface area contributed by atoms with Gasteiger partial charge in [0.15, 0.2) is 6.10 Å². The Morgan fingerprint density at radius 1 is 1.54 bits per heavy atom. The summed E-state index contributed by atoms with van der Waals surface area (Å²) in [6.45, 7) is 0.261. The lowest BCUT2D eigenvalue weighted by molar-refractivity contribution is -0.148. The maximum atomic E-state index is 12.5. The fourth-order valence-corrected chi connectivity index (χ4v) is 2.54. The van der Waals surface area contributed by atoms with Gasteiger partial charge < -0.3 is 15.4 Å². The standard InChI is InChI=1S/C15H18N6O3/c1-21-11(18-9-19-21)4-6-17-15(23)14-13(20-12(22)8-24-14)10-3-2-5-16-7-10/h2-3,5,7,9,13-14H,4,6,8H2,1H3,(H,17,23)(H,20,22)/t13-,14+/m1/s1. The highest BCUT2D eigenvalue weighted by atomic mass is 16.5. The van der Waals surface area contributed by atoms with E-state index in [9.17, 15) is 9.59 Å². The summed E-state index contributed by atoms with van der Waals surface area (Å²) in [5, 5.41) is 9.58. The van der Waals surface area contributed by atoms with E-state index in [4.69, 9.17) is 4.74 Å². The lowest BCUT2D eigenvalue weighted by atomic mass is 10.0. The summed E-state index contributed by atoms with van der Waals surface area (Å²) in [6.07, 6.45) is 4.46. The van der Waals surface area contributed by atoms with Gasteiger partial charge in [0.05, 0.1) is 6.04 Å². The molecule has 0 saturated carbocycles. The largest absolute Gasteiger partial charge is 0.356 e. The lowest BCUT2D eigenvalue weighted by Gasteiger charge is -2.31. The highest BCUT2D eigenvalue weighted by Crippen LogP contribution is 2.21. The van der Waals surface area contributed by atoms with Gasteiger partial charge in [0.25, 0.3) is 5.91 Å². The molecule has 2 aromatic rings. The number of nitrogens with one attached hydrogen (secondary N) is 2. The zero-order valence-electron chi connectivity index (χ0n) is 13.2. The SMILES string of the molecule is Cn1ncnc1CCNC(=O)[C@H]1OCC(=O)N[C@@H]1c1cccnc1. The van der Waals surface area contributed by atoms with Gasteiger partial charge in [-0.15, -0.1) is 0 Å². The van der Waals surface area contributed by atoms with E-state index >= 15 is 0 Å². The van der Waals surface area contributed by atoms with E-state index in [0.29, 0.717) is 13.0 Å². The summed E-state index contributed by atoms with van der Waals surface area (Å²) in [5.41, 5.74) is 0.721. The highest BCUT2D eigenvalue weighted by Gasteiger charge is 2.36. The van der Waals surface area contributed by atoms with Gasteiger partial charge >= 0.3 is 0 Å². The topological polar surface area (TPSA) is 111 Å². The molecule has 24 heavy (non-hydrogen) atoms. The number of amides is 2. The number of nitrogens with zero attached hydrogens (tertiary/aromatic N) is 4. The molecule has 1 saturated heterocycles. The second-order valence-electron chi connectivity index (χ2n) is 5.40. The van der Waals surface area contributed by atoms with Gasteiger partial charge in [-0.1, -0.05) is 6.07 Å². The fourth-order valence-electron chi connectivity index (χ4n) is 2.54. The summed E-state index contributed by atoms with van der Waals surface area (Å²) in [5.74, 6) is 0.231. The van der Waals surface area contributed by atoms with Gasteiger partial charge in [0.1, 0.15) is 18.8 Å². The van der Waals surface area contributed by atoms with Gasteiger partial charge in [-0.3, -0.25) is 19.3 Å². The van der Waals surface area contributed by atoms with Gasteiger partial charge in [-0.05, 0) is 11.6 Å². The molecule has 126 valence electrons. The molecule has 2 aromatic heterocycles. The van der Waals surface area contributed by atoms with Crippen LogP contribution in [0.1, 0.15) is 17.4 Å². The van der Waals surface area contributed by atoms with E-state index < -0.39 is 12.1 Å². The molecular weight excluding hydrogens is 312 g/mol. The minimum Gasteiger partial charge on any atom is -0.356 e. The number of hydrogen-bond donors (Lipinski definition) is 2. The number of aromatic nitrogens is 4. The maximum Gasteiger partial charge on any atom is 0.251 e. The predicted molar refractivity (Wildman–Crippen MR) is 82.6 cm³/mol. The first-order valence-electron chi connectivity index (χ1n) is 7.56. The molecule has 0 aliphatic carbocycles. The molecule has 1 aliphatic heterocycles. The molecule has 3 heterocycles. The first-order valence-corrected chi connectivity index (χ1v) is 7.56. The molecule has 0 radical (unpaired) electrons. The van der Waals surface area contributed by atoms with Crippen molar-refractivity contribution in [3.05, 3.63) is 42.2 Å². The third kappa shape index (κ3) is 3.57. The van der Waals surface area contributed by atoms with Crippen LogP contribution < -0.4 is 10.6 Å². The predicted octanol–water partition coefficient (Wildman–Crippen LogP) is -0.875. The number of carbonyl (C=O) groups is 2. The van der Waals surface area contributed by atoms with Crippen molar-refractivity contribution in [2.45, 2.75) is 18.6 Å². The Labute approximate surface area is 138 Å². The lowest BCUT2D eigenvalue weighted by Crippen LogP contribution is -2.52. The first kappa shape index (κ1) is 16.1. The van der Waals surface area contributed by atoms with Crippen molar-refractivity contribution in [2.24, 2.45) is 7.05 Å². The summed E-state index contributed by atoms with van der Waals surface area (Å²) in [7, 11) is 1.79. The summed E-state index contributed by atoms with van der Waals surface area (Å²) in [4.78, 5) is 32.2. The average molecular weight is 330 g/mol. The highest BCUT2D eigenvalue weighted by molar-refractivity contribution is 5.86. The van der Waals surface area contributed by atoms with E-state index in [0.717, 1.165) is 11.4 Å². The Bertz CT molecular complexity index is 717. The number of ether oxygens (including phenoxy) is 1. The van der Waals surface area contributed by atoms with Crippen LogP contribution in [0.2, 0.25) is 0 Å². The van der Waals surface area contributed by atoms with Crippen LogP contribution in [0.25, 0.3) is 0 Å².